The summed E-state index contributed by atoms with van der Waals surface area (Å²) in [7, 11) is 1.83. The Hall–Kier alpha value is -3.06. The van der Waals surface area contributed by atoms with Crippen molar-refractivity contribution < 1.29 is 26.5 Å². The van der Waals surface area contributed by atoms with Gasteiger partial charge in [-0.3, -0.25) is 0 Å². The van der Waals surface area contributed by atoms with Gasteiger partial charge in [0.15, 0.2) is 11.9 Å². The van der Waals surface area contributed by atoms with Crippen molar-refractivity contribution in [2.75, 3.05) is 13.7 Å². The zero-order valence-corrected chi connectivity index (χ0v) is 15.7. The quantitative estimate of drug-likeness (QED) is 0.170. The average molecular weight is 404 g/mol. The molecule has 0 amide bonds. The van der Waals surface area contributed by atoms with Crippen LogP contribution in [-0.2, 0) is 0 Å². The lowest BCUT2D eigenvalue weighted by atomic mass is 10.0. The topological polar surface area (TPSA) is 3.01 Å². The molecule has 0 spiro atoms. The van der Waals surface area contributed by atoms with Gasteiger partial charge < -0.3 is 0 Å². The van der Waals surface area contributed by atoms with Crippen molar-refractivity contribution in [3.05, 3.63) is 88.7 Å². The minimum Gasteiger partial charge on any atom is -0.206 e. The SMILES string of the molecule is Cc1ccc2c(c1)C=[N+](c1c(F)c(F)c(F)c(F)c1F)C[N+]2(C)c1ccccc1. The fourth-order valence-corrected chi connectivity index (χ4v) is 3.77. The molecule has 3 aromatic carbocycles. The van der Waals surface area contributed by atoms with E-state index in [9.17, 15) is 22.0 Å². The molecular formula is C22H17F5N2+2. The van der Waals surface area contributed by atoms with E-state index in [0.717, 1.165) is 21.5 Å². The highest BCUT2D eigenvalue weighted by Crippen LogP contribution is 2.40. The van der Waals surface area contributed by atoms with E-state index in [2.05, 4.69) is 0 Å². The molecule has 1 unspecified atom stereocenters. The zero-order valence-electron chi connectivity index (χ0n) is 15.7. The molecule has 148 valence electrons. The van der Waals surface area contributed by atoms with Crippen molar-refractivity contribution in [2.45, 2.75) is 6.92 Å². The van der Waals surface area contributed by atoms with Crippen molar-refractivity contribution in [2.24, 2.45) is 0 Å². The van der Waals surface area contributed by atoms with Crippen LogP contribution in [0.15, 0.2) is 48.5 Å². The Balaban J connectivity index is 2.01. The van der Waals surface area contributed by atoms with Crippen LogP contribution in [0.25, 0.3) is 0 Å². The van der Waals surface area contributed by atoms with Crippen LogP contribution in [0.5, 0.6) is 0 Å². The monoisotopic (exact) mass is 404 g/mol. The standard InChI is InChI=1S/C22H17F5N2/c1-13-8-9-16-14(10-13)11-28(12-29(16,2)15-6-4-3-5-7-15)22-20(26)18(24)17(23)19(25)21(22)27/h3-11H,12H2,1-2H3/q+2. The van der Waals surface area contributed by atoms with Gasteiger partial charge in [-0.2, -0.15) is 8.78 Å². The Morgan fingerprint density at radius 2 is 1.38 bits per heavy atom. The molecular weight excluding hydrogens is 387 g/mol. The molecule has 1 heterocycles. The second-order valence-electron chi connectivity index (χ2n) is 7.25. The molecule has 3 aromatic rings. The molecule has 1 aliphatic rings. The molecule has 0 saturated heterocycles. The molecule has 4 rings (SSSR count). The summed E-state index contributed by atoms with van der Waals surface area (Å²) in [6.45, 7) is 1.80. The molecule has 29 heavy (non-hydrogen) atoms. The summed E-state index contributed by atoms with van der Waals surface area (Å²) < 4.78 is 71.4. The van der Waals surface area contributed by atoms with Crippen LogP contribution in [-0.4, -0.2) is 24.5 Å². The van der Waals surface area contributed by atoms with Crippen LogP contribution in [0.4, 0.5) is 39.0 Å². The maximum atomic E-state index is 14.5. The number of nitrogens with zero attached hydrogens (tertiary/aromatic N) is 2. The summed E-state index contributed by atoms with van der Waals surface area (Å²) in [5.74, 6) is -9.80. The van der Waals surface area contributed by atoms with E-state index < -0.39 is 34.8 Å². The fraction of sp³-hybridized carbons (Fsp3) is 0.136. The number of quaternary nitrogens is 1. The number of aryl methyl sites for hydroxylation is 1. The summed E-state index contributed by atoms with van der Waals surface area (Å²) in [5.41, 5.74) is 2.22. The Morgan fingerprint density at radius 3 is 2.00 bits per heavy atom. The van der Waals surface area contributed by atoms with Gasteiger partial charge in [-0.15, -0.1) is 4.58 Å². The number of hydrogen-bond donors (Lipinski definition) is 0. The van der Waals surface area contributed by atoms with Gasteiger partial charge in [0, 0.05) is 6.07 Å². The summed E-state index contributed by atoms with van der Waals surface area (Å²) in [6.07, 6.45) is 1.42. The molecule has 2 nitrogen and oxygen atoms in total. The first-order chi connectivity index (χ1) is 13.7. The van der Waals surface area contributed by atoms with Crippen molar-refractivity contribution in [3.8, 4) is 0 Å². The van der Waals surface area contributed by atoms with Crippen LogP contribution < -0.4 is 4.48 Å². The van der Waals surface area contributed by atoms with E-state index in [-0.39, 0.29) is 11.2 Å². The number of para-hydroxylation sites is 1. The second-order valence-corrected chi connectivity index (χ2v) is 7.25. The van der Waals surface area contributed by atoms with Crippen LogP contribution >= 0.6 is 0 Å². The maximum Gasteiger partial charge on any atom is 0.288 e. The van der Waals surface area contributed by atoms with Crippen molar-refractivity contribution in [3.63, 3.8) is 0 Å². The summed E-state index contributed by atoms with van der Waals surface area (Å²) in [5, 5.41) is 0. The lowest BCUT2D eigenvalue weighted by Crippen LogP contribution is -2.48. The first-order valence-electron chi connectivity index (χ1n) is 8.89. The zero-order chi connectivity index (χ0) is 20.9. The van der Waals surface area contributed by atoms with Crippen molar-refractivity contribution >= 4 is 23.3 Å². The third kappa shape index (κ3) is 2.93. The molecule has 1 aliphatic heterocycles. The van der Waals surface area contributed by atoms with E-state index in [0.29, 0.717) is 5.56 Å². The molecule has 0 bridgehead atoms. The van der Waals surface area contributed by atoms with E-state index >= 15 is 0 Å². The second kappa shape index (κ2) is 6.77. The number of rotatable bonds is 2. The van der Waals surface area contributed by atoms with Gasteiger partial charge in [0.05, 0.1) is 7.05 Å². The number of benzene rings is 3. The highest BCUT2D eigenvalue weighted by atomic mass is 19.2. The summed E-state index contributed by atoms with van der Waals surface area (Å²) in [6, 6.07) is 14.8. The minimum absolute atomic E-state index is 0.0571. The van der Waals surface area contributed by atoms with Gasteiger partial charge in [-0.25, -0.2) is 17.7 Å². The third-order valence-electron chi connectivity index (χ3n) is 5.24. The van der Waals surface area contributed by atoms with Crippen LogP contribution in [0, 0.1) is 36.0 Å². The third-order valence-corrected chi connectivity index (χ3v) is 5.24. The number of halogens is 5. The Labute approximate surface area is 164 Å². The normalized spacial score (nSPS) is 18.4. The molecule has 0 aromatic heterocycles. The van der Waals surface area contributed by atoms with Gasteiger partial charge in [-0.05, 0) is 30.7 Å². The molecule has 0 fully saturated rings. The fourth-order valence-electron chi connectivity index (χ4n) is 3.77. The maximum absolute atomic E-state index is 14.5. The smallest absolute Gasteiger partial charge is 0.206 e. The van der Waals surface area contributed by atoms with Gasteiger partial charge in [0.2, 0.25) is 29.1 Å². The molecule has 7 heteroatoms. The minimum atomic E-state index is -2.17. The van der Waals surface area contributed by atoms with E-state index in [1.165, 1.54) is 6.21 Å². The van der Waals surface area contributed by atoms with Crippen LogP contribution in [0.1, 0.15) is 11.1 Å². The highest BCUT2D eigenvalue weighted by Gasteiger charge is 2.43. The molecule has 0 radical (unpaired) electrons. The summed E-state index contributed by atoms with van der Waals surface area (Å²) in [4.78, 5) is 0. The van der Waals surface area contributed by atoms with Gasteiger partial charge in [0.25, 0.3) is 12.4 Å². The van der Waals surface area contributed by atoms with E-state index in [4.69, 9.17) is 0 Å². The van der Waals surface area contributed by atoms with Crippen molar-refractivity contribution in [1.29, 1.82) is 0 Å². The van der Waals surface area contributed by atoms with Gasteiger partial charge in [-0.1, -0.05) is 24.3 Å². The number of hydrogen-bond acceptors (Lipinski definition) is 0. The largest absolute Gasteiger partial charge is 0.288 e. The lowest BCUT2D eigenvalue weighted by Gasteiger charge is -2.34. The Bertz CT molecular complexity index is 1130. The molecule has 0 N–H and O–H groups in total. The van der Waals surface area contributed by atoms with E-state index in [1.54, 1.807) is 0 Å². The molecule has 0 aliphatic carbocycles. The molecule has 1 atom stereocenters. The van der Waals surface area contributed by atoms with Crippen molar-refractivity contribution in [1.82, 2.24) is 4.48 Å². The Morgan fingerprint density at radius 1 is 0.793 bits per heavy atom. The highest BCUT2D eigenvalue weighted by molar-refractivity contribution is 5.88. The van der Waals surface area contributed by atoms with Gasteiger partial charge >= 0.3 is 0 Å². The molecule has 0 saturated carbocycles. The predicted octanol–water partition coefficient (Wildman–Crippen LogP) is 5.69. The average Bonchev–Trinajstić information content (AvgIpc) is 2.71. The van der Waals surface area contributed by atoms with Crippen LogP contribution in [0.3, 0.4) is 0 Å². The predicted molar refractivity (Wildman–Crippen MR) is 101 cm³/mol. The number of fused-ring (bicyclic) bond motifs is 1. The first-order valence-corrected chi connectivity index (χ1v) is 8.89. The van der Waals surface area contributed by atoms with E-state index in [1.807, 2.05) is 62.5 Å². The summed E-state index contributed by atoms with van der Waals surface area (Å²) >= 11 is 0. The lowest BCUT2D eigenvalue weighted by molar-refractivity contribution is -0.461. The van der Waals surface area contributed by atoms with Gasteiger partial charge in [0.1, 0.15) is 11.3 Å². The first kappa shape index (κ1) is 19.3. The van der Waals surface area contributed by atoms with Crippen LogP contribution in [0.2, 0.25) is 0 Å². The Kier molecular flexibility index (Phi) is 4.50.